The number of ether oxygens (including phenoxy) is 1. The molecule has 0 aromatic heterocycles. The topological polar surface area (TPSA) is 82.7 Å². The second kappa shape index (κ2) is 11.3. The first-order chi connectivity index (χ1) is 16.7. The van der Waals surface area contributed by atoms with E-state index < -0.39 is 11.3 Å². The molecule has 1 saturated carbocycles. The number of carbonyl (C=O) groups is 2. The van der Waals surface area contributed by atoms with Crippen LogP contribution in [0.2, 0.25) is 0 Å². The Morgan fingerprint density at radius 3 is 1.83 bits per heavy atom. The number of hydrogen-bond donors (Lipinski definition) is 3. The number of piperidine rings is 1. The van der Waals surface area contributed by atoms with Crippen LogP contribution in [0, 0.1) is 0 Å². The van der Waals surface area contributed by atoms with Gasteiger partial charge in [0.25, 0.3) is 5.91 Å². The van der Waals surface area contributed by atoms with Gasteiger partial charge in [0.15, 0.2) is 5.60 Å². The Bertz CT molecular complexity index is 743. The number of rotatable bonds is 4. The number of carbonyl (C=O) groups excluding carboxylic acids is 2. The Kier molecular flexibility index (Phi) is 9.21. The van der Waals surface area contributed by atoms with Crippen molar-refractivity contribution in [2.24, 2.45) is 0 Å². The van der Waals surface area contributed by atoms with Crippen LogP contribution in [0.4, 0.5) is 0 Å². The predicted molar refractivity (Wildman–Crippen MR) is 145 cm³/mol. The molecule has 3 N–H and O–H groups in total. The largest absolute Gasteiger partial charge is 0.339 e. The summed E-state index contributed by atoms with van der Waals surface area (Å²) >= 11 is 0. The maximum absolute atomic E-state index is 14.4. The fourth-order valence-corrected chi connectivity index (χ4v) is 6.99. The van der Waals surface area contributed by atoms with Crippen LogP contribution in [0.5, 0.6) is 0 Å². The van der Waals surface area contributed by atoms with E-state index in [0.717, 1.165) is 25.7 Å². The highest BCUT2D eigenvalue weighted by Gasteiger charge is 2.64. The Morgan fingerprint density at radius 2 is 1.36 bits per heavy atom. The molecule has 7 heteroatoms. The van der Waals surface area contributed by atoms with Crippen molar-refractivity contribution in [2.75, 3.05) is 6.54 Å². The van der Waals surface area contributed by atoms with E-state index in [2.05, 4.69) is 43.9 Å². The Balaban J connectivity index is 1.88. The molecule has 3 aliphatic rings. The van der Waals surface area contributed by atoms with Crippen molar-refractivity contribution in [3.05, 3.63) is 0 Å². The van der Waals surface area contributed by atoms with Gasteiger partial charge in [0.2, 0.25) is 5.91 Å². The number of amides is 2. The van der Waals surface area contributed by atoms with Crippen LogP contribution >= 0.6 is 0 Å². The zero-order chi connectivity index (χ0) is 26.7. The lowest BCUT2D eigenvalue weighted by molar-refractivity contribution is -0.176. The fraction of sp³-hybridized carbons (Fsp3) is 0.931. The molecule has 1 aliphatic carbocycles. The number of hydrogen-bond acceptors (Lipinski definition) is 5. The predicted octanol–water partition coefficient (Wildman–Crippen LogP) is 5.34. The maximum atomic E-state index is 14.4. The summed E-state index contributed by atoms with van der Waals surface area (Å²) < 4.78 is 7.15. The molecule has 0 aromatic carbocycles. The molecule has 3 rings (SSSR count). The minimum atomic E-state index is -0.838. The number of hydrazine groups is 1. The van der Waals surface area contributed by atoms with E-state index in [4.69, 9.17) is 4.74 Å². The Labute approximate surface area is 220 Å². The summed E-state index contributed by atoms with van der Waals surface area (Å²) in [5.74, 6) is 0.00164. The van der Waals surface area contributed by atoms with E-state index in [1.54, 1.807) is 0 Å². The van der Waals surface area contributed by atoms with Crippen molar-refractivity contribution in [1.82, 2.24) is 21.1 Å². The lowest BCUT2D eigenvalue weighted by Crippen LogP contribution is -2.65. The van der Waals surface area contributed by atoms with Crippen molar-refractivity contribution in [3.8, 4) is 0 Å². The molecule has 0 radical (unpaired) electrons. The molecular weight excluding hydrogens is 452 g/mol. The van der Waals surface area contributed by atoms with E-state index in [1.807, 2.05) is 25.7 Å². The molecule has 208 valence electrons. The highest BCUT2D eigenvalue weighted by atomic mass is 16.6. The van der Waals surface area contributed by atoms with Crippen LogP contribution in [0.15, 0.2) is 0 Å². The van der Waals surface area contributed by atoms with E-state index in [1.165, 1.54) is 44.9 Å². The van der Waals surface area contributed by atoms with Crippen molar-refractivity contribution in [3.63, 3.8) is 0 Å². The van der Waals surface area contributed by atoms with Crippen molar-refractivity contribution in [1.29, 1.82) is 0 Å². The monoisotopic (exact) mass is 506 g/mol. The van der Waals surface area contributed by atoms with Gasteiger partial charge in [0, 0.05) is 42.4 Å². The average molecular weight is 507 g/mol. The standard InChI is InChI=1S/C29H54N4O3/c1-25(2,3)32-30-23(34)17-20-33-24(35)28(21-26(4,5)31-27(6,7)22-28)36-29(33)18-15-13-11-9-8-10-12-14-16-19-29/h31-32H,8-22H2,1-7H3,(H,30,34). The minimum Gasteiger partial charge on any atom is -0.339 e. The average Bonchev–Trinajstić information content (AvgIpc) is 2.91. The molecule has 2 heterocycles. The summed E-state index contributed by atoms with van der Waals surface area (Å²) in [7, 11) is 0. The minimum absolute atomic E-state index is 0.0899. The van der Waals surface area contributed by atoms with Crippen LogP contribution in [0.3, 0.4) is 0 Å². The first kappa shape index (κ1) is 29.4. The second-order valence-corrected chi connectivity index (χ2v) is 14.1. The molecule has 0 unspecified atom stereocenters. The van der Waals surface area contributed by atoms with Gasteiger partial charge in [0.05, 0.1) is 0 Å². The highest BCUT2D eigenvalue weighted by Crippen LogP contribution is 2.50. The molecule has 3 fully saturated rings. The Morgan fingerprint density at radius 1 is 0.889 bits per heavy atom. The third-order valence-electron chi connectivity index (χ3n) is 7.92. The molecule has 7 nitrogen and oxygen atoms in total. The second-order valence-electron chi connectivity index (χ2n) is 14.1. The first-order valence-electron chi connectivity index (χ1n) is 14.6. The fourth-order valence-electron chi connectivity index (χ4n) is 6.99. The van der Waals surface area contributed by atoms with Crippen LogP contribution in [0.1, 0.15) is 138 Å². The summed E-state index contributed by atoms with van der Waals surface area (Å²) in [6, 6.07) is 0. The van der Waals surface area contributed by atoms with Gasteiger partial charge in [-0.15, -0.1) is 0 Å². The third-order valence-corrected chi connectivity index (χ3v) is 7.92. The lowest BCUT2D eigenvalue weighted by Gasteiger charge is -2.50. The van der Waals surface area contributed by atoms with Gasteiger partial charge in [-0.2, -0.15) is 0 Å². The summed E-state index contributed by atoms with van der Waals surface area (Å²) in [5, 5.41) is 3.72. The third kappa shape index (κ3) is 7.67. The van der Waals surface area contributed by atoms with Gasteiger partial charge in [-0.05, 0) is 74.1 Å². The van der Waals surface area contributed by atoms with Gasteiger partial charge in [-0.3, -0.25) is 15.0 Å². The molecule has 0 bridgehead atoms. The van der Waals surface area contributed by atoms with E-state index >= 15 is 0 Å². The molecule has 2 spiro atoms. The van der Waals surface area contributed by atoms with Crippen molar-refractivity contribution in [2.45, 2.75) is 166 Å². The molecule has 2 aliphatic heterocycles. The van der Waals surface area contributed by atoms with Crippen LogP contribution in [-0.4, -0.2) is 51.2 Å². The van der Waals surface area contributed by atoms with Crippen molar-refractivity contribution < 1.29 is 14.3 Å². The molecule has 0 aromatic rings. The highest BCUT2D eigenvalue weighted by molar-refractivity contribution is 5.89. The quantitative estimate of drug-likeness (QED) is 0.449. The van der Waals surface area contributed by atoms with E-state index in [0.29, 0.717) is 19.4 Å². The Hall–Kier alpha value is -1.18. The smallest absolute Gasteiger partial charge is 0.257 e. The SMILES string of the molecule is CC(C)(C)NNC(=O)CCN1C(=O)C2(CC(C)(C)NC(C)(C)C2)OC12CCCCCCCCCCC2. The molecular formula is C29H54N4O3. The van der Waals surface area contributed by atoms with Gasteiger partial charge in [-0.1, -0.05) is 44.9 Å². The number of nitrogens with zero attached hydrogens (tertiary/aromatic N) is 1. The van der Waals surface area contributed by atoms with Gasteiger partial charge < -0.3 is 15.0 Å². The lowest BCUT2D eigenvalue weighted by atomic mass is 9.72. The molecule has 2 saturated heterocycles. The van der Waals surface area contributed by atoms with E-state index in [9.17, 15) is 9.59 Å². The molecule has 0 atom stereocenters. The molecule has 36 heavy (non-hydrogen) atoms. The van der Waals surface area contributed by atoms with Gasteiger partial charge in [0.1, 0.15) is 5.72 Å². The van der Waals surface area contributed by atoms with Crippen LogP contribution in [-0.2, 0) is 14.3 Å². The van der Waals surface area contributed by atoms with Gasteiger partial charge in [-0.25, -0.2) is 5.43 Å². The van der Waals surface area contributed by atoms with Crippen LogP contribution < -0.4 is 16.2 Å². The summed E-state index contributed by atoms with van der Waals surface area (Å²) in [5.41, 5.74) is 3.79. The summed E-state index contributed by atoms with van der Waals surface area (Å²) in [6.45, 7) is 15.1. The van der Waals surface area contributed by atoms with Crippen molar-refractivity contribution >= 4 is 11.8 Å². The normalized spacial score (nSPS) is 26.4. The number of nitrogens with one attached hydrogen (secondary N) is 3. The van der Waals surface area contributed by atoms with Gasteiger partial charge >= 0.3 is 0 Å². The van der Waals surface area contributed by atoms with Crippen LogP contribution in [0.25, 0.3) is 0 Å². The summed E-state index contributed by atoms with van der Waals surface area (Å²) in [4.78, 5) is 29.1. The van der Waals surface area contributed by atoms with E-state index in [-0.39, 0.29) is 34.9 Å². The zero-order valence-electron chi connectivity index (χ0n) is 24.3. The molecule has 2 amide bonds. The maximum Gasteiger partial charge on any atom is 0.257 e. The first-order valence-corrected chi connectivity index (χ1v) is 14.6. The summed E-state index contributed by atoms with van der Waals surface area (Å²) in [6.07, 6.45) is 14.2. The zero-order valence-corrected chi connectivity index (χ0v) is 24.3.